The molecule has 1 amide bonds. The molecule has 1 aliphatic rings. The fourth-order valence-electron chi connectivity index (χ4n) is 3.78. The molecule has 4 nitrogen and oxygen atoms in total. The molecule has 0 radical (unpaired) electrons. The van der Waals surface area contributed by atoms with Gasteiger partial charge in [0.25, 0.3) is 5.91 Å². The first kappa shape index (κ1) is 20.0. The Kier molecular flexibility index (Phi) is 5.93. The van der Waals surface area contributed by atoms with E-state index in [1.807, 2.05) is 53.4 Å². The molecule has 0 N–H and O–H groups in total. The van der Waals surface area contributed by atoms with Gasteiger partial charge in [0, 0.05) is 35.1 Å². The molecule has 4 rings (SSSR count). The molecule has 1 atom stereocenters. The third-order valence-corrected chi connectivity index (χ3v) is 5.77. The van der Waals surface area contributed by atoms with E-state index in [9.17, 15) is 4.79 Å². The van der Waals surface area contributed by atoms with Crippen LogP contribution in [-0.2, 0) is 4.79 Å². The Morgan fingerprint density at radius 2 is 1.79 bits per heavy atom. The van der Waals surface area contributed by atoms with Gasteiger partial charge in [-0.25, -0.2) is 4.98 Å². The van der Waals surface area contributed by atoms with Gasteiger partial charge in [0.1, 0.15) is 10.9 Å². The number of hydrogen-bond acceptors (Lipinski definition) is 3. The minimum Gasteiger partial charge on any atom is -0.481 e. The Bertz CT molecular complexity index is 1050. The molecule has 1 unspecified atom stereocenters. The number of halogens is 2. The van der Waals surface area contributed by atoms with E-state index in [0.717, 1.165) is 42.4 Å². The third-order valence-electron chi connectivity index (χ3n) is 5.24. The van der Waals surface area contributed by atoms with Crippen molar-refractivity contribution >= 4 is 40.0 Å². The van der Waals surface area contributed by atoms with Crippen molar-refractivity contribution in [2.45, 2.75) is 32.3 Å². The highest BCUT2D eigenvalue weighted by atomic mass is 35.5. The van der Waals surface area contributed by atoms with Crippen molar-refractivity contribution < 1.29 is 9.53 Å². The topological polar surface area (TPSA) is 42.4 Å². The van der Waals surface area contributed by atoms with Crippen LogP contribution in [0.25, 0.3) is 22.0 Å². The molecule has 1 aromatic heterocycles. The van der Waals surface area contributed by atoms with E-state index in [4.69, 9.17) is 27.9 Å². The van der Waals surface area contributed by atoms with Gasteiger partial charge < -0.3 is 9.64 Å². The monoisotopic (exact) mass is 428 g/mol. The van der Waals surface area contributed by atoms with Crippen LogP contribution in [0, 0.1) is 0 Å². The number of piperidine rings is 1. The lowest BCUT2D eigenvalue weighted by Crippen LogP contribution is -2.43. The minimum absolute atomic E-state index is 0.0283. The van der Waals surface area contributed by atoms with Gasteiger partial charge in [-0.05, 0) is 56.0 Å². The van der Waals surface area contributed by atoms with E-state index < -0.39 is 6.10 Å². The molecule has 0 spiro atoms. The van der Waals surface area contributed by atoms with Crippen molar-refractivity contribution in [3.8, 4) is 16.9 Å². The highest BCUT2D eigenvalue weighted by Crippen LogP contribution is 2.35. The number of carbonyl (C=O) groups excluding carboxylic acids is 1. The first-order valence-electron chi connectivity index (χ1n) is 9.83. The minimum atomic E-state index is -0.548. The summed E-state index contributed by atoms with van der Waals surface area (Å²) < 4.78 is 5.95. The molecule has 0 saturated carbocycles. The Morgan fingerprint density at radius 3 is 2.55 bits per heavy atom. The maximum atomic E-state index is 12.6. The number of benzene rings is 2. The van der Waals surface area contributed by atoms with E-state index in [1.54, 1.807) is 6.92 Å². The van der Waals surface area contributed by atoms with E-state index in [-0.39, 0.29) is 5.91 Å². The maximum absolute atomic E-state index is 12.6. The highest BCUT2D eigenvalue weighted by Gasteiger charge is 2.23. The van der Waals surface area contributed by atoms with Gasteiger partial charge in [0.05, 0.1) is 5.52 Å². The quantitative estimate of drug-likeness (QED) is 0.479. The van der Waals surface area contributed by atoms with Crippen LogP contribution in [0.4, 0.5) is 0 Å². The van der Waals surface area contributed by atoms with Gasteiger partial charge in [-0.1, -0.05) is 41.4 Å². The Balaban J connectivity index is 1.63. The number of likely N-dealkylation sites (tertiary alicyclic amines) is 1. The van der Waals surface area contributed by atoms with E-state index in [2.05, 4.69) is 4.98 Å². The van der Waals surface area contributed by atoms with Crippen LogP contribution in [0.2, 0.25) is 10.2 Å². The zero-order chi connectivity index (χ0) is 20.4. The van der Waals surface area contributed by atoms with Gasteiger partial charge in [-0.2, -0.15) is 0 Å². The summed E-state index contributed by atoms with van der Waals surface area (Å²) in [6, 6.07) is 15.1. The third kappa shape index (κ3) is 4.34. The molecule has 1 saturated heterocycles. The number of pyridine rings is 1. The number of rotatable bonds is 4. The second kappa shape index (κ2) is 8.60. The first-order chi connectivity index (χ1) is 14.0. The normalized spacial score (nSPS) is 15.3. The number of carbonyl (C=O) groups is 1. The molecule has 0 aliphatic carbocycles. The van der Waals surface area contributed by atoms with Crippen LogP contribution >= 0.6 is 23.2 Å². The van der Waals surface area contributed by atoms with Crippen molar-refractivity contribution in [2.75, 3.05) is 13.1 Å². The molecule has 150 valence electrons. The summed E-state index contributed by atoms with van der Waals surface area (Å²) >= 11 is 12.7. The van der Waals surface area contributed by atoms with Crippen molar-refractivity contribution in [3.05, 3.63) is 58.7 Å². The molecular formula is C23H22Cl2N2O2. The first-order valence-corrected chi connectivity index (χ1v) is 10.6. The van der Waals surface area contributed by atoms with E-state index in [1.165, 1.54) is 6.42 Å². The van der Waals surface area contributed by atoms with Crippen LogP contribution in [0.5, 0.6) is 5.75 Å². The molecule has 1 aliphatic heterocycles. The molecule has 2 aromatic carbocycles. The lowest BCUT2D eigenvalue weighted by molar-refractivity contribution is -0.138. The average molecular weight is 429 g/mol. The van der Waals surface area contributed by atoms with Crippen molar-refractivity contribution in [1.29, 1.82) is 0 Å². The molecule has 29 heavy (non-hydrogen) atoms. The second-order valence-electron chi connectivity index (χ2n) is 7.30. The van der Waals surface area contributed by atoms with E-state index >= 15 is 0 Å². The summed E-state index contributed by atoms with van der Waals surface area (Å²) in [5.41, 5.74) is 2.50. The summed E-state index contributed by atoms with van der Waals surface area (Å²) in [4.78, 5) is 19.0. The van der Waals surface area contributed by atoms with Crippen LogP contribution in [0.3, 0.4) is 0 Å². The molecule has 0 bridgehead atoms. The molecule has 2 heterocycles. The summed E-state index contributed by atoms with van der Waals surface area (Å²) in [6.07, 6.45) is 2.75. The lowest BCUT2D eigenvalue weighted by Gasteiger charge is -2.29. The number of ether oxygens (including phenoxy) is 1. The van der Waals surface area contributed by atoms with Crippen molar-refractivity contribution in [2.24, 2.45) is 0 Å². The lowest BCUT2D eigenvalue weighted by atomic mass is 10.0. The van der Waals surface area contributed by atoms with E-state index in [0.29, 0.717) is 21.4 Å². The molecule has 3 aromatic rings. The highest BCUT2D eigenvalue weighted by molar-refractivity contribution is 6.34. The second-order valence-corrected chi connectivity index (χ2v) is 8.09. The molecular weight excluding hydrogens is 407 g/mol. The van der Waals surface area contributed by atoms with Gasteiger partial charge in [0.15, 0.2) is 6.10 Å². The predicted octanol–water partition coefficient (Wildman–Crippen LogP) is 5.99. The van der Waals surface area contributed by atoms with Gasteiger partial charge >= 0.3 is 0 Å². The Labute approximate surface area is 180 Å². The largest absolute Gasteiger partial charge is 0.481 e. The smallest absolute Gasteiger partial charge is 0.263 e. The predicted molar refractivity (Wildman–Crippen MR) is 118 cm³/mol. The maximum Gasteiger partial charge on any atom is 0.263 e. The summed E-state index contributed by atoms with van der Waals surface area (Å²) in [5, 5.41) is 1.95. The number of fused-ring (bicyclic) bond motifs is 1. The standard InChI is InChI=1S/C23H22Cl2N2O2/c1-15(23(28)27-11-5-2-6-12-27)29-16-9-10-18-19(14-22(25)26-21(18)13-16)17-7-3-4-8-20(17)24/h3-4,7-10,13-15H,2,5-6,11-12H2,1H3. The van der Waals surface area contributed by atoms with Gasteiger partial charge in [-0.3, -0.25) is 4.79 Å². The van der Waals surface area contributed by atoms with Crippen LogP contribution in [-0.4, -0.2) is 35.0 Å². The van der Waals surface area contributed by atoms with Crippen LogP contribution in [0.1, 0.15) is 26.2 Å². The fraction of sp³-hybridized carbons (Fsp3) is 0.304. The summed E-state index contributed by atoms with van der Waals surface area (Å²) in [5.74, 6) is 0.621. The number of amides is 1. The number of hydrogen-bond donors (Lipinski definition) is 0. The summed E-state index contributed by atoms with van der Waals surface area (Å²) in [7, 11) is 0. The fourth-order valence-corrected chi connectivity index (χ4v) is 4.22. The Morgan fingerprint density at radius 1 is 1.03 bits per heavy atom. The molecule has 6 heteroatoms. The van der Waals surface area contributed by atoms with Gasteiger partial charge in [-0.15, -0.1) is 0 Å². The van der Waals surface area contributed by atoms with Crippen LogP contribution in [0.15, 0.2) is 48.5 Å². The number of aromatic nitrogens is 1. The van der Waals surface area contributed by atoms with Crippen molar-refractivity contribution in [1.82, 2.24) is 9.88 Å². The molecule has 1 fully saturated rings. The van der Waals surface area contributed by atoms with Gasteiger partial charge in [0.2, 0.25) is 0 Å². The van der Waals surface area contributed by atoms with Crippen molar-refractivity contribution in [3.63, 3.8) is 0 Å². The number of nitrogens with zero attached hydrogens (tertiary/aromatic N) is 2. The van der Waals surface area contributed by atoms with Crippen LogP contribution < -0.4 is 4.74 Å². The Hall–Kier alpha value is -2.30. The average Bonchev–Trinajstić information content (AvgIpc) is 2.73. The summed E-state index contributed by atoms with van der Waals surface area (Å²) in [6.45, 7) is 3.41. The SMILES string of the molecule is CC(Oc1ccc2c(-c3ccccc3Cl)cc(Cl)nc2c1)C(=O)N1CCCCC1. The zero-order valence-electron chi connectivity index (χ0n) is 16.2. The zero-order valence-corrected chi connectivity index (χ0v) is 17.7.